The smallest absolute Gasteiger partial charge is 0.338 e. The highest BCUT2D eigenvalue weighted by molar-refractivity contribution is 5.94. The zero-order chi connectivity index (χ0) is 17.4. The number of carbonyl (C=O) groups excluding carboxylic acids is 2. The number of nitrogens with one attached hydrogen (secondary N) is 1. The number of anilines is 1. The van der Waals surface area contributed by atoms with E-state index < -0.39 is 5.97 Å². The average molecular weight is 332 g/mol. The molecule has 1 aromatic rings. The molecule has 0 saturated heterocycles. The van der Waals surface area contributed by atoms with E-state index in [9.17, 15) is 9.59 Å². The molecular weight excluding hydrogens is 304 g/mol. The van der Waals surface area contributed by atoms with Gasteiger partial charge in [0.1, 0.15) is 5.82 Å². The van der Waals surface area contributed by atoms with Gasteiger partial charge >= 0.3 is 5.97 Å². The summed E-state index contributed by atoms with van der Waals surface area (Å²) in [7, 11) is 0. The highest BCUT2D eigenvalue weighted by Gasteiger charge is 2.26. The minimum absolute atomic E-state index is 0.0115. The molecule has 5 nitrogen and oxygen atoms in total. The first kappa shape index (κ1) is 18.4. The van der Waals surface area contributed by atoms with Crippen LogP contribution in [0.4, 0.5) is 5.82 Å². The maximum Gasteiger partial charge on any atom is 0.338 e. The maximum atomic E-state index is 12.4. The quantitative estimate of drug-likeness (QED) is 0.760. The average Bonchev–Trinajstić information content (AvgIpc) is 2.61. The molecule has 1 fully saturated rings. The molecule has 0 bridgehead atoms. The summed E-state index contributed by atoms with van der Waals surface area (Å²) in [6, 6.07) is 3.16. The second kappa shape index (κ2) is 9.40. The second-order valence-corrected chi connectivity index (χ2v) is 6.50. The van der Waals surface area contributed by atoms with E-state index in [1.54, 1.807) is 19.1 Å². The third kappa shape index (κ3) is 5.32. The lowest BCUT2D eigenvalue weighted by Crippen LogP contribution is -2.27. The third-order valence-corrected chi connectivity index (χ3v) is 4.71. The topological polar surface area (TPSA) is 68.3 Å². The van der Waals surface area contributed by atoms with Crippen molar-refractivity contribution in [1.29, 1.82) is 0 Å². The van der Waals surface area contributed by atoms with Crippen molar-refractivity contribution in [3.05, 3.63) is 23.9 Å². The van der Waals surface area contributed by atoms with Crippen molar-refractivity contribution in [3.8, 4) is 0 Å². The van der Waals surface area contributed by atoms with Gasteiger partial charge in [-0.1, -0.05) is 26.2 Å². The summed E-state index contributed by atoms with van der Waals surface area (Å²) >= 11 is 0. The summed E-state index contributed by atoms with van der Waals surface area (Å²) in [5.41, 5.74) is 0.408. The van der Waals surface area contributed by atoms with Gasteiger partial charge in [0, 0.05) is 12.1 Å². The van der Waals surface area contributed by atoms with Gasteiger partial charge < -0.3 is 10.1 Å². The van der Waals surface area contributed by atoms with Crippen molar-refractivity contribution in [2.24, 2.45) is 11.8 Å². The molecule has 0 radical (unpaired) electrons. The van der Waals surface area contributed by atoms with E-state index in [2.05, 4.69) is 17.2 Å². The van der Waals surface area contributed by atoms with Crippen LogP contribution in [0, 0.1) is 11.8 Å². The zero-order valence-electron chi connectivity index (χ0n) is 14.7. The molecule has 5 heteroatoms. The number of amides is 1. The Morgan fingerprint density at radius 1 is 1.25 bits per heavy atom. The highest BCUT2D eigenvalue weighted by Crippen LogP contribution is 2.32. The van der Waals surface area contributed by atoms with Gasteiger partial charge in [-0.2, -0.15) is 0 Å². The van der Waals surface area contributed by atoms with E-state index in [1.807, 2.05) is 0 Å². The molecule has 0 aromatic carbocycles. The number of ether oxygens (including phenoxy) is 1. The van der Waals surface area contributed by atoms with E-state index >= 15 is 0 Å². The third-order valence-electron chi connectivity index (χ3n) is 4.71. The summed E-state index contributed by atoms with van der Waals surface area (Å²) in [4.78, 5) is 28.3. The van der Waals surface area contributed by atoms with Crippen LogP contribution in [0.5, 0.6) is 0 Å². The number of hydrogen-bond donors (Lipinski definition) is 1. The molecule has 0 spiro atoms. The zero-order valence-corrected chi connectivity index (χ0v) is 14.7. The minimum atomic E-state index is -0.396. The SMILES string of the molecule is CCCCC1CCC(C(=O)Nc2cc(C(=O)OCC)ccn2)CC1. The molecule has 24 heavy (non-hydrogen) atoms. The largest absolute Gasteiger partial charge is 0.462 e. The van der Waals surface area contributed by atoms with Crippen LogP contribution in [-0.4, -0.2) is 23.5 Å². The number of aromatic nitrogens is 1. The number of esters is 1. The molecule has 2 rings (SSSR count). The van der Waals surface area contributed by atoms with Crippen molar-refractivity contribution in [3.63, 3.8) is 0 Å². The van der Waals surface area contributed by atoms with Crippen molar-refractivity contribution in [1.82, 2.24) is 4.98 Å². The molecule has 0 atom stereocenters. The molecule has 0 unspecified atom stereocenters. The Kier molecular flexibility index (Phi) is 7.22. The number of pyridine rings is 1. The summed E-state index contributed by atoms with van der Waals surface area (Å²) in [6.45, 7) is 4.30. The normalized spacial score (nSPS) is 20.4. The Labute approximate surface area is 144 Å². The lowest BCUT2D eigenvalue weighted by atomic mass is 9.79. The lowest BCUT2D eigenvalue weighted by Gasteiger charge is -2.27. The van der Waals surface area contributed by atoms with Crippen LogP contribution < -0.4 is 5.32 Å². The van der Waals surface area contributed by atoms with Gasteiger partial charge in [-0.05, 0) is 50.7 Å². The maximum absolute atomic E-state index is 12.4. The summed E-state index contributed by atoms with van der Waals surface area (Å²) < 4.78 is 4.97. The molecular formula is C19H28N2O3. The number of nitrogens with zero attached hydrogens (tertiary/aromatic N) is 1. The van der Waals surface area contributed by atoms with Crippen LogP contribution >= 0.6 is 0 Å². The van der Waals surface area contributed by atoms with Crippen molar-refractivity contribution < 1.29 is 14.3 Å². The van der Waals surface area contributed by atoms with Crippen LogP contribution in [0.15, 0.2) is 18.3 Å². The Morgan fingerprint density at radius 2 is 2.00 bits per heavy atom. The van der Waals surface area contributed by atoms with E-state index in [1.165, 1.54) is 25.5 Å². The Morgan fingerprint density at radius 3 is 2.67 bits per heavy atom. The monoisotopic (exact) mass is 332 g/mol. The lowest BCUT2D eigenvalue weighted by molar-refractivity contribution is -0.121. The van der Waals surface area contributed by atoms with Gasteiger partial charge in [-0.3, -0.25) is 4.79 Å². The first-order valence-electron chi connectivity index (χ1n) is 9.08. The fourth-order valence-electron chi connectivity index (χ4n) is 3.27. The van der Waals surface area contributed by atoms with Crippen LogP contribution in [0.1, 0.15) is 69.2 Å². The van der Waals surface area contributed by atoms with Crippen molar-refractivity contribution >= 4 is 17.7 Å². The first-order valence-corrected chi connectivity index (χ1v) is 9.08. The molecule has 1 saturated carbocycles. The van der Waals surface area contributed by atoms with Gasteiger partial charge in [-0.15, -0.1) is 0 Å². The highest BCUT2D eigenvalue weighted by atomic mass is 16.5. The van der Waals surface area contributed by atoms with Gasteiger partial charge in [0.05, 0.1) is 12.2 Å². The molecule has 1 heterocycles. The number of rotatable bonds is 7. The predicted molar refractivity (Wildman–Crippen MR) is 93.8 cm³/mol. The van der Waals surface area contributed by atoms with Crippen LogP contribution in [0.3, 0.4) is 0 Å². The Bertz CT molecular complexity index is 551. The van der Waals surface area contributed by atoms with Crippen LogP contribution in [0.25, 0.3) is 0 Å². The van der Waals surface area contributed by atoms with Gasteiger partial charge in [0.25, 0.3) is 0 Å². The number of carbonyl (C=O) groups is 2. The van der Waals surface area contributed by atoms with Crippen molar-refractivity contribution in [2.45, 2.75) is 58.8 Å². The van der Waals surface area contributed by atoms with Crippen LogP contribution in [0.2, 0.25) is 0 Å². The molecule has 1 aromatic heterocycles. The van der Waals surface area contributed by atoms with Crippen molar-refractivity contribution in [2.75, 3.05) is 11.9 Å². The minimum Gasteiger partial charge on any atom is -0.462 e. The molecule has 1 aliphatic rings. The van der Waals surface area contributed by atoms with E-state index in [0.717, 1.165) is 31.6 Å². The molecule has 1 N–H and O–H groups in total. The standard InChI is InChI=1S/C19H28N2O3/c1-3-5-6-14-7-9-15(10-8-14)18(22)21-17-13-16(11-12-20-17)19(23)24-4-2/h11-15H,3-10H2,1-2H3,(H,20,21,22). The summed E-state index contributed by atoms with van der Waals surface area (Å²) in [5.74, 6) is 0.859. The molecule has 1 aliphatic carbocycles. The number of hydrogen-bond acceptors (Lipinski definition) is 4. The Balaban J connectivity index is 1.86. The van der Waals surface area contributed by atoms with E-state index in [4.69, 9.17) is 4.74 Å². The summed E-state index contributed by atoms with van der Waals surface area (Å²) in [5, 5.41) is 2.85. The molecule has 0 aliphatic heterocycles. The number of unbranched alkanes of at least 4 members (excludes halogenated alkanes) is 1. The molecule has 132 valence electrons. The van der Waals surface area contributed by atoms with Gasteiger partial charge in [-0.25, -0.2) is 9.78 Å². The fraction of sp³-hybridized carbons (Fsp3) is 0.632. The van der Waals surface area contributed by atoms with E-state index in [0.29, 0.717) is 18.0 Å². The van der Waals surface area contributed by atoms with Crippen LogP contribution in [-0.2, 0) is 9.53 Å². The predicted octanol–water partition coefficient (Wildman–Crippen LogP) is 4.19. The van der Waals surface area contributed by atoms with E-state index in [-0.39, 0.29) is 11.8 Å². The Hall–Kier alpha value is -1.91. The first-order chi connectivity index (χ1) is 11.6. The van der Waals surface area contributed by atoms with Gasteiger partial charge in [0.15, 0.2) is 0 Å². The molecule has 1 amide bonds. The summed E-state index contributed by atoms with van der Waals surface area (Å²) in [6.07, 6.45) is 9.48. The van der Waals surface area contributed by atoms with Gasteiger partial charge in [0.2, 0.25) is 5.91 Å². The second-order valence-electron chi connectivity index (χ2n) is 6.50. The fourth-order valence-corrected chi connectivity index (χ4v) is 3.27.